The Balaban J connectivity index is 1.83. The van der Waals surface area contributed by atoms with Gasteiger partial charge in [0.2, 0.25) is 5.91 Å². The van der Waals surface area contributed by atoms with Crippen LogP contribution in [0.25, 0.3) is 0 Å². The Bertz CT molecular complexity index is 853. The number of amides is 1. The zero-order chi connectivity index (χ0) is 21.5. The van der Waals surface area contributed by atoms with Crippen LogP contribution in [0.3, 0.4) is 0 Å². The zero-order valence-corrected chi connectivity index (χ0v) is 17.6. The Labute approximate surface area is 178 Å². The molecule has 1 saturated heterocycles. The lowest BCUT2D eigenvalue weighted by Crippen LogP contribution is -2.37. The van der Waals surface area contributed by atoms with Crippen molar-refractivity contribution in [2.75, 3.05) is 25.5 Å². The lowest BCUT2D eigenvalue weighted by molar-refractivity contribution is -0.252. The van der Waals surface area contributed by atoms with Crippen molar-refractivity contribution in [2.24, 2.45) is 0 Å². The highest BCUT2D eigenvalue weighted by atomic mass is 16.7. The molecule has 0 aliphatic carbocycles. The number of hydrogen-bond donors (Lipinski definition) is 2. The van der Waals surface area contributed by atoms with Gasteiger partial charge in [-0.3, -0.25) is 4.79 Å². The lowest BCUT2D eigenvalue weighted by atomic mass is 9.99. The van der Waals surface area contributed by atoms with E-state index in [4.69, 9.17) is 9.47 Å². The monoisotopic (exact) mass is 410 g/mol. The average molecular weight is 411 g/mol. The van der Waals surface area contributed by atoms with E-state index in [9.17, 15) is 9.90 Å². The summed E-state index contributed by atoms with van der Waals surface area (Å²) in [6, 6.07) is 15.4. The Kier molecular flexibility index (Phi) is 7.76. The van der Waals surface area contributed by atoms with Crippen molar-refractivity contribution >= 4 is 11.6 Å². The second-order valence-electron chi connectivity index (χ2n) is 7.67. The Morgan fingerprint density at radius 3 is 2.67 bits per heavy atom. The van der Waals surface area contributed by atoms with E-state index in [1.54, 1.807) is 0 Å². The molecule has 2 aromatic carbocycles. The van der Waals surface area contributed by atoms with E-state index in [1.165, 1.54) is 6.92 Å². The number of anilines is 1. The maximum Gasteiger partial charge on any atom is 0.221 e. The third-order valence-corrected chi connectivity index (χ3v) is 5.05. The Morgan fingerprint density at radius 2 is 2.00 bits per heavy atom. The molecule has 3 unspecified atom stereocenters. The number of ether oxygens (including phenoxy) is 2. The third-order valence-electron chi connectivity index (χ3n) is 5.05. The van der Waals surface area contributed by atoms with Crippen LogP contribution in [-0.2, 0) is 20.9 Å². The first-order valence-corrected chi connectivity index (χ1v) is 10.2. The highest BCUT2D eigenvalue weighted by Gasteiger charge is 2.32. The molecule has 2 aromatic rings. The maximum absolute atomic E-state index is 11.4. The minimum Gasteiger partial charge on any atom is -0.392 e. The molecule has 6 nitrogen and oxygen atoms in total. The van der Waals surface area contributed by atoms with E-state index in [1.807, 2.05) is 61.7 Å². The second kappa shape index (κ2) is 10.5. The lowest BCUT2D eigenvalue weighted by Gasteiger charge is -2.37. The van der Waals surface area contributed by atoms with Crippen LogP contribution in [0.2, 0.25) is 0 Å². The number of hydrogen-bond acceptors (Lipinski definition) is 5. The summed E-state index contributed by atoms with van der Waals surface area (Å²) in [7, 11) is 2.04. The third kappa shape index (κ3) is 6.00. The average Bonchev–Trinajstić information content (AvgIpc) is 2.73. The smallest absolute Gasteiger partial charge is 0.221 e. The predicted molar refractivity (Wildman–Crippen MR) is 117 cm³/mol. The summed E-state index contributed by atoms with van der Waals surface area (Å²) in [6.45, 7) is 6.84. The van der Waals surface area contributed by atoms with E-state index < -0.39 is 6.29 Å². The number of benzene rings is 2. The minimum absolute atomic E-state index is 0.0163. The molecule has 1 aliphatic heterocycles. The maximum atomic E-state index is 11.4. The quantitative estimate of drug-likeness (QED) is 0.648. The second-order valence-corrected chi connectivity index (χ2v) is 7.67. The molecule has 1 aliphatic rings. The van der Waals surface area contributed by atoms with Crippen LogP contribution in [-0.4, -0.2) is 42.2 Å². The van der Waals surface area contributed by atoms with Gasteiger partial charge in [-0.25, -0.2) is 0 Å². The van der Waals surface area contributed by atoms with Crippen LogP contribution in [0.1, 0.15) is 42.4 Å². The number of nitrogens with one attached hydrogen (secondary N) is 1. The molecular formula is C24H30N2O4. The normalized spacial score (nSPS) is 21.4. The number of aliphatic hydroxyl groups excluding tert-OH is 1. The van der Waals surface area contributed by atoms with Gasteiger partial charge in [0.1, 0.15) is 0 Å². The van der Waals surface area contributed by atoms with E-state index in [-0.39, 0.29) is 24.7 Å². The molecule has 0 bridgehead atoms. The van der Waals surface area contributed by atoms with Crippen LogP contribution in [0, 0.1) is 0 Å². The van der Waals surface area contributed by atoms with E-state index in [2.05, 4.69) is 16.8 Å². The molecule has 160 valence electrons. The van der Waals surface area contributed by atoms with Crippen molar-refractivity contribution in [1.82, 2.24) is 4.90 Å². The molecule has 1 amide bonds. The Morgan fingerprint density at radius 1 is 1.23 bits per heavy atom. The van der Waals surface area contributed by atoms with Gasteiger partial charge in [0.25, 0.3) is 0 Å². The fourth-order valence-electron chi connectivity index (χ4n) is 3.64. The van der Waals surface area contributed by atoms with Crippen molar-refractivity contribution in [3.63, 3.8) is 0 Å². The number of carbonyl (C=O) groups excluding carboxylic acids is 1. The molecule has 0 saturated carbocycles. The summed E-state index contributed by atoms with van der Waals surface area (Å²) in [5.74, 6) is -0.122. The number of rotatable bonds is 8. The summed E-state index contributed by atoms with van der Waals surface area (Å²) in [5, 5.41) is 12.1. The largest absolute Gasteiger partial charge is 0.392 e. The first-order chi connectivity index (χ1) is 14.5. The van der Waals surface area contributed by atoms with Gasteiger partial charge < -0.3 is 24.8 Å². The molecular weight excluding hydrogens is 380 g/mol. The SMILES string of the molecule is C=CCN(C)CC1CC(c2ccc(CO)cc2)OC(c2cccc(NC(C)=O)c2)O1. The highest BCUT2D eigenvalue weighted by Crippen LogP contribution is 2.38. The molecule has 3 rings (SSSR count). The van der Waals surface area contributed by atoms with Crippen LogP contribution >= 0.6 is 0 Å². The van der Waals surface area contributed by atoms with Gasteiger partial charge in [-0.2, -0.15) is 0 Å². The standard InChI is InChI=1S/C24H30N2O4/c1-4-12-26(3)15-22-14-23(19-10-8-18(16-27)9-11-19)30-24(29-22)20-6-5-7-21(13-20)25-17(2)28/h4-11,13,22-24,27H,1,12,14-16H2,2-3H3,(H,25,28). The van der Waals surface area contributed by atoms with Crippen molar-refractivity contribution in [2.45, 2.75) is 38.4 Å². The molecule has 6 heteroatoms. The molecule has 1 heterocycles. The first-order valence-electron chi connectivity index (χ1n) is 10.2. The summed E-state index contributed by atoms with van der Waals surface area (Å²) >= 11 is 0. The van der Waals surface area contributed by atoms with Gasteiger partial charge in [-0.1, -0.05) is 42.5 Å². The van der Waals surface area contributed by atoms with E-state index in [0.717, 1.165) is 36.2 Å². The molecule has 1 fully saturated rings. The van der Waals surface area contributed by atoms with E-state index >= 15 is 0 Å². The Hall–Kier alpha value is -2.51. The topological polar surface area (TPSA) is 71.0 Å². The summed E-state index contributed by atoms with van der Waals surface area (Å²) < 4.78 is 12.6. The van der Waals surface area contributed by atoms with Crippen molar-refractivity contribution in [1.29, 1.82) is 0 Å². The van der Waals surface area contributed by atoms with Crippen molar-refractivity contribution in [3.8, 4) is 0 Å². The molecule has 30 heavy (non-hydrogen) atoms. The first kappa shape index (κ1) is 22.2. The van der Waals surface area contributed by atoms with Crippen LogP contribution in [0.15, 0.2) is 61.2 Å². The number of likely N-dealkylation sites (N-methyl/N-ethyl adjacent to an activating group) is 1. The van der Waals surface area contributed by atoms with Crippen molar-refractivity contribution < 1.29 is 19.4 Å². The zero-order valence-electron chi connectivity index (χ0n) is 17.6. The molecule has 2 N–H and O–H groups in total. The van der Waals surface area contributed by atoms with Gasteiger partial charge in [0.05, 0.1) is 18.8 Å². The molecule has 0 spiro atoms. The predicted octanol–water partition coefficient (Wildman–Crippen LogP) is 3.80. The summed E-state index contributed by atoms with van der Waals surface area (Å²) in [4.78, 5) is 13.6. The molecule has 0 radical (unpaired) electrons. The molecule has 0 aromatic heterocycles. The van der Waals surface area contributed by atoms with Crippen LogP contribution in [0.5, 0.6) is 0 Å². The van der Waals surface area contributed by atoms with Gasteiger partial charge in [-0.15, -0.1) is 6.58 Å². The van der Waals surface area contributed by atoms with Gasteiger partial charge in [-0.05, 0) is 30.3 Å². The summed E-state index contributed by atoms with van der Waals surface area (Å²) in [5.41, 5.74) is 3.48. The number of carbonyl (C=O) groups is 1. The van der Waals surface area contributed by atoms with Crippen LogP contribution in [0.4, 0.5) is 5.69 Å². The van der Waals surface area contributed by atoms with Crippen molar-refractivity contribution in [3.05, 3.63) is 77.9 Å². The van der Waals surface area contributed by atoms with Gasteiger partial charge in [0, 0.05) is 37.7 Å². The van der Waals surface area contributed by atoms with Gasteiger partial charge in [0.15, 0.2) is 6.29 Å². The number of aliphatic hydroxyl groups is 1. The number of nitrogens with zero attached hydrogens (tertiary/aromatic N) is 1. The van der Waals surface area contributed by atoms with E-state index in [0.29, 0.717) is 5.69 Å². The fourth-order valence-corrected chi connectivity index (χ4v) is 3.64. The van der Waals surface area contributed by atoms with Crippen LogP contribution < -0.4 is 5.32 Å². The highest BCUT2D eigenvalue weighted by molar-refractivity contribution is 5.88. The van der Waals surface area contributed by atoms with Gasteiger partial charge >= 0.3 is 0 Å². The minimum atomic E-state index is -0.544. The fraction of sp³-hybridized carbons (Fsp3) is 0.375. The summed E-state index contributed by atoms with van der Waals surface area (Å²) in [6.07, 6.45) is 1.89. The molecule has 3 atom stereocenters.